The highest BCUT2D eigenvalue weighted by Crippen LogP contribution is 2.14. The number of aromatic nitrogens is 2. The van der Waals surface area contributed by atoms with Gasteiger partial charge in [-0.25, -0.2) is 0 Å². The fourth-order valence-electron chi connectivity index (χ4n) is 2.58. The molecule has 0 radical (unpaired) electrons. The van der Waals surface area contributed by atoms with E-state index < -0.39 is 11.9 Å². The molecule has 3 aromatic rings. The van der Waals surface area contributed by atoms with E-state index in [4.69, 9.17) is 5.73 Å². The Labute approximate surface area is 141 Å². The van der Waals surface area contributed by atoms with Gasteiger partial charge in [-0.1, -0.05) is 60.7 Å². The molecule has 0 saturated heterocycles. The molecule has 0 fully saturated rings. The van der Waals surface area contributed by atoms with Crippen LogP contribution in [0.25, 0.3) is 0 Å². The summed E-state index contributed by atoms with van der Waals surface area (Å²) in [6.07, 6.45) is 3.55. The van der Waals surface area contributed by atoms with Crippen molar-refractivity contribution in [2.75, 3.05) is 0 Å². The molecule has 0 saturated carbocycles. The second kappa shape index (κ2) is 7.57. The van der Waals surface area contributed by atoms with Crippen molar-refractivity contribution in [2.45, 2.75) is 19.1 Å². The SMILES string of the molecule is NC(=O)C(NCc1ccccc1)c1cnn(Cc2ccccc2)c1. The Morgan fingerprint density at radius 3 is 2.29 bits per heavy atom. The Balaban J connectivity index is 1.69. The zero-order valence-corrected chi connectivity index (χ0v) is 13.3. The molecule has 2 aromatic carbocycles. The van der Waals surface area contributed by atoms with Gasteiger partial charge in [0, 0.05) is 18.3 Å². The maximum absolute atomic E-state index is 11.8. The molecule has 1 amide bonds. The monoisotopic (exact) mass is 320 g/mol. The maximum Gasteiger partial charge on any atom is 0.239 e. The van der Waals surface area contributed by atoms with Crippen molar-refractivity contribution in [3.8, 4) is 0 Å². The standard InChI is InChI=1S/C19H20N4O/c20-19(24)18(21-11-15-7-3-1-4-8-15)17-12-22-23(14-17)13-16-9-5-2-6-10-16/h1-10,12,14,18,21H,11,13H2,(H2,20,24). The van der Waals surface area contributed by atoms with Gasteiger partial charge in [-0.05, 0) is 11.1 Å². The molecule has 0 bridgehead atoms. The minimum atomic E-state index is -0.560. The van der Waals surface area contributed by atoms with Gasteiger partial charge in [0.15, 0.2) is 0 Å². The normalized spacial score (nSPS) is 12.0. The first-order valence-corrected chi connectivity index (χ1v) is 7.85. The van der Waals surface area contributed by atoms with Gasteiger partial charge in [-0.3, -0.25) is 14.8 Å². The first-order valence-electron chi connectivity index (χ1n) is 7.85. The van der Waals surface area contributed by atoms with Gasteiger partial charge in [0.1, 0.15) is 6.04 Å². The quantitative estimate of drug-likeness (QED) is 0.701. The van der Waals surface area contributed by atoms with Gasteiger partial charge in [-0.15, -0.1) is 0 Å². The first kappa shape index (κ1) is 16.0. The highest BCUT2D eigenvalue weighted by Gasteiger charge is 2.19. The van der Waals surface area contributed by atoms with E-state index in [-0.39, 0.29) is 0 Å². The van der Waals surface area contributed by atoms with Crippen LogP contribution in [0.1, 0.15) is 22.7 Å². The summed E-state index contributed by atoms with van der Waals surface area (Å²) in [5.74, 6) is -0.412. The van der Waals surface area contributed by atoms with Crippen LogP contribution in [0, 0.1) is 0 Å². The van der Waals surface area contributed by atoms with Crippen molar-refractivity contribution in [1.29, 1.82) is 0 Å². The van der Waals surface area contributed by atoms with Crippen molar-refractivity contribution in [3.05, 3.63) is 89.7 Å². The van der Waals surface area contributed by atoms with Crippen LogP contribution in [0.4, 0.5) is 0 Å². The molecule has 3 N–H and O–H groups in total. The molecule has 1 atom stereocenters. The molecule has 3 rings (SSSR count). The fourth-order valence-corrected chi connectivity index (χ4v) is 2.58. The molecular formula is C19H20N4O. The first-order chi connectivity index (χ1) is 11.7. The van der Waals surface area contributed by atoms with Crippen LogP contribution in [-0.2, 0) is 17.9 Å². The van der Waals surface area contributed by atoms with Gasteiger partial charge in [-0.2, -0.15) is 5.10 Å². The molecular weight excluding hydrogens is 300 g/mol. The number of amides is 1. The number of rotatable bonds is 7. The molecule has 5 heteroatoms. The van der Waals surface area contributed by atoms with Gasteiger partial charge in [0.25, 0.3) is 0 Å². The summed E-state index contributed by atoms with van der Waals surface area (Å²) in [6.45, 7) is 1.23. The predicted octanol–water partition coefficient (Wildman–Crippen LogP) is 2.25. The van der Waals surface area contributed by atoms with E-state index in [1.54, 1.807) is 6.20 Å². The molecule has 24 heavy (non-hydrogen) atoms. The van der Waals surface area contributed by atoms with Crippen LogP contribution < -0.4 is 11.1 Å². The van der Waals surface area contributed by atoms with Crippen LogP contribution in [0.3, 0.4) is 0 Å². The topological polar surface area (TPSA) is 72.9 Å². The summed E-state index contributed by atoms with van der Waals surface area (Å²) < 4.78 is 1.81. The number of hydrogen-bond acceptors (Lipinski definition) is 3. The molecule has 122 valence electrons. The Morgan fingerprint density at radius 1 is 1.04 bits per heavy atom. The van der Waals surface area contributed by atoms with E-state index in [2.05, 4.69) is 10.4 Å². The number of nitrogens with one attached hydrogen (secondary N) is 1. The highest BCUT2D eigenvalue weighted by molar-refractivity contribution is 5.81. The predicted molar refractivity (Wildman–Crippen MR) is 93.0 cm³/mol. The van der Waals surface area contributed by atoms with Crippen LogP contribution in [0.15, 0.2) is 73.1 Å². The average molecular weight is 320 g/mol. The largest absolute Gasteiger partial charge is 0.368 e. The lowest BCUT2D eigenvalue weighted by Crippen LogP contribution is -2.33. The third kappa shape index (κ3) is 4.08. The van der Waals surface area contributed by atoms with Crippen LogP contribution in [0.5, 0.6) is 0 Å². The number of carbonyl (C=O) groups excluding carboxylic acids is 1. The summed E-state index contributed by atoms with van der Waals surface area (Å²) in [4.78, 5) is 11.8. The lowest BCUT2D eigenvalue weighted by Gasteiger charge is -2.13. The Hall–Kier alpha value is -2.92. The molecule has 1 heterocycles. The molecule has 5 nitrogen and oxygen atoms in total. The fraction of sp³-hybridized carbons (Fsp3) is 0.158. The number of nitrogens with two attached hydrogens (primary N) is 1. The number of benzene rings is 2. The second-order valence-corrected chi connectivity index (χ2v) is 5.66. The highest BCUT2D eigenvalue weighted by atomic mass is 16.1. The Bertz CT molecular complexity index is 783. The third-order valence-electron chi connectivity index (χ3n) is 3.81. The van der Waals surface area contributed by atoms with E-state index >= 15 is 0 Å². The van der Waals surface area contributed by atoms with E-state index in [1.807, 2.05) is 71.5 Å². The molecule has 0 aliphatic heterocycles. The van der Waals surface area contributed by atoms with Gasteiger partial charge >= 0.3 is 0 Å². The number of primary amides is 1. The van der Waals surface area contributed by atoms with E-state index in [1.165, 1.54) is 0 Å². The van der Waals surface area contributed by atoms with Crippen molar-refractivity contribution >= 4 is 5.91 Å². The van der Waals surface area contributed by atoms with Gasteiger partial charge < -0.3 is 5.73 Å². The average Bonchev–Trinajstić information content (AvgIpc) is 3.05. The minimum absolute atomic E-state index is 0.412. The van der Waals surface area contributed by atoms with E-state index in [9.17, 15) is 4.79 Å². The van der Waals surface area contributed by atoms with E-state index in [0.29, 0.717) is 13.1 Å². The van der Waals surface area contributed by atoms with Crippen molar-refractivity contribution in [1.82, 2.24) is 15.1 Å². The van der Waals surface area contributed by atoms with Crippen molar-refractivity contribution < 1.29 is 4.79 Å². The zero-order chi connectivity index (χ0) is 16.8. The Kier molecular flexibility index (Phi) is 5.03. The lowest BCUT2D eigenvalue weighted by molar-refractivity contribution is -0.120. The van der Waals surface area contributed by atoms with Crippen LogP contribution in [-0.4, -0.2) is 15.7 Å². The number of hydrogen-bond donors (Lipinski definition) is 2. The van der Waals surface area contributed by atoms with Crippen LogP contribution >= 0.6 is 0 Å². The van der Waals surface area contributed by atoms with Crippen LogP contribution in [0.2, 0.25) is 0 Å². The zero-order valence-electron chi connectivity index (χ0n) is 13.3. The lowest BCUT2D eigenvalue weighted by atomic mass is 10.1. The molecule has 1 aromatic heterocycles. The maximum atomic E-state index is 11.8. The number of nitrogens with zero attached hydrogens (tertiary/aromatic N) is 2. The minimum Gasteiger partial charge on any atom is -0.368 e. The molecule has 0 aliphatic carbocycles. The van der Waals surface area contributed by atoms with Crippen molar-refractivity contribution in [2.24, 2.45) is 5.73 Å². The summed E-state index contributed by atoms with van der Waals surface area (Å²) in [6, 6.07) is 19.4. The van der Waals surface area contributed by atoms with Gasteiger partial charge in [0.2, 0.25) is 5.91 Å². The second-order valence-electron chi connectivity index (χ2n) is 5.66. The summed E-state index contributed by atoms with van der Waals surface area (Å²) in [5.41, 5.74) is 8.58. The summed E-state index contributed by atoms with van der Waals surface area (Å²) in [7, 11) is 0. The Morgan fingerprint density at radius 2 is 1.67 bits per heavy atom. The third-order valence-corrected chi connectivity index (χ3v) is 3.81. The van der Waals surface area contributed by atoms with Gasteiger partial charge in [0.05, 0.1) is 12.7 Å². The smallest absolute Gasteiger partial charge is 0.239 e. The summed E-state index contributed by atoms with van der Waals surface area (Å²) in [5, 5.41) is 7.54. The summed E-state index contributed by atoms with van der Waals surface area (Å²) >= 11 is 0. The molecule has 0 spiro atoms. The van der Waals surface area contributed by atoms with E-state index in [0.717, 1.165) is 16.7 Å². The van der Waals surface area contributed by atoms with Crippen molar-refractivity contribution in [3.63, 3.8) is 0 Å². The molecule has 0 aliphatic rings. The number of carbonyl (C=O) groups is 1. The molecule has 1 unspecified atom stereocenters.